The Labute approximate surface area is 535 Å². The lowest BCUT2D eigenvalue weighted by atomic mass is 9.87. The van der Waals surface area contributed by atoms with E-state index in [9.17, 15) is 57.5 Å². The number of hydrogen-bond donors (Lipinski definition) is 4. The first-order chi connectivity index (χ1) is 43.8. The molecule has 2 fully saturated rings. The fraction of sp³-hybridized carbons (Fsp3) is 0.710. The number of carbonyl (C=O) groups excluding carboxylic acids is 11. The summed E-state index contributed by atoms with van der Waals surface area (Å²) in [5, 5.41) is 17.0. The number of carboxylic acid groups (broad SMARTS) is 1. The monoisotopic (exact) mass is 1310 g/mol. The van der Waals surface area contributed by atoms with Crippen molar-refractivity contribution in [2.75, 3.05) is 91.1 Å². The number of hydrogen-bond acceptors (Lipinski definition) is 26. The van der Waals surface area contributed by atoms with Crippen molar-refractivity contribution in [2.24, 2.45) is 5.92 Å². The molecule has 518 valence electrons. The molecule has 2 aliphatic rings. The third kappa shape index (κ3) is 33.0. The predicted molar refractivity (Wildman–Crippen MR) is 319 cm³/mol. The van der Waals surface area contributed by atoms with E-state index in [0.717, 1.165) is 66.2 Å². The molecule has 0 aliphatic carbocycles. The summed E-state index contributed by atoms with van der Waals surface area (Å²) in [6.45, 7) is 9.33. The Morgan fingerprint density at radius 1 is 0.467 bits per heavy atom. The molecular formula is C62H93N3O27. The number of carbonyl (C=O) groups is 12. The summed E-state index contributed by atoms with van der Waals surface area (Å²) in [4.78, 5) is 147. The lowest BCUT2D eigenvalue weighted by molar-refractivity contribution is -0.293. The molecule has 0 aromatic heterocycles. The van der Waals surface area contributed by atoms with Gasteiger partial charge in [0.1, 0.15) is 43.4 Å². The number of benzene rings is 1. The topological polar surface area (TPSA) is 390 Å². The maximum atomic E-state index is 13.6. The van der Waals surface area contributed by atoms with Crippen LogP contribution in [0.4, 0.5) is 5.69 Å². The summed E-state index contributed by atoms with van der Waals surface area (Å²) in [7, 11) is 0. The molecule has 1 aromatic rings. The minimum Gasteiger partial charge on any atom is -0.481 e. The largest absolute Gasteiger partial charge is 0.481 e. The van der Waals surface area contributed by atoms with Crippen LogP contribution in [0.1, 0.15) is 160 Å². The van der Waals surface area contributed by atoms with E-state index in [1.54, 1.807) is 0 Å². The number of nitrogens with one attached hydrogen (secondary N) is 3. The Balaban J connectivity index is 1.53. The summed E-state index contributed by atoms with van der Waals surface area (Å²) >= 11 is 0. The van der Waals surface area contributed by atoms with Gasteiger partial charge >= 0.3 is 41.8 Å². The zero-order chi connectivity index (χ0) is 68.0. The van der Waals surface area contributed by atoms with E-state index in [1.807, 2.05) is 0 Å². The molecule has 0 saturated carbocycles. The first kappa shape index (κ1) is 79.2. The molecule has 10 atom stereocenters. The van der Waals surface area contributed by atoms with Crippen molar-refractivity contribution in [1.29, 1.82) is 0 Å². The minimum atomic E-state index is -1.29. The summed E-state index contributed by atoms with van der Waals surface area (Å²) in [5.74, 6) is -7.91. The average Bonchev–Trinajstić information content (AvgIpc) is 0.813. The van der Waals surface area contributed by atoms with Crippen molar-refractivity contribution in [3.8, 4) is 0 Å². The Morgan fingerprint density at radius 3 is 1.45 bits per heavy atom. The van der Waals surface area contributed by atoms with Crippen LogP contribution in [0.5, 0.6) is 0 Å². The van der Waals surface area contributed by atoms with Crippen LogP contribution in [0.15, 0.2) is 18.2 Å². The molecule has 3 rings (SSSR count). The van der Waals surface area contributed by atoms with Crippen molar-refractivity contribution in [3.63, 3.8) is 0 Å². The van der Waals surface area contributed by atoms with Crippen LogP contribution in [0.2, 0.25) is 0 Å². The van der Waals surface area contributed by atoms with E-state index in [-0.39, 0.29) is 139 Å². The van der Waals surface area contributed by atoms with Crippen molar-refractivity contribution >= 4 is 76.8 Å². The smallest absolute Gasteiger partial charge is 0.303 e. The van der Waals surface area contributed by atoms with Crippen molar-refractivity contribution in [2.45, 2.75) is 194 Å². The molecule has 2 heterocycles. The molecule has 2 saturated heterocycles. The highest BCUT2D eigenvalue weighted by Gasteiger charge is 2.52. The predicted octanol–water partition coefficient (Wildman–Crippen LogP) is 3.81. The Morgan fingerprint density at radius 2 is 0.924 bits per heavy atom. The van der Waals surface area contributed by atoms with Gasteiger partial charge < -0.3 is 92.2 Å². The Kier molecular flexibility index (Phi) is 38.3. The summed E-state index contributed by atoms with van der Waals surface area (Å²) < 4.78 is 78.6. The fourth-order valence-corrected chi connectivity index (χ4v) is 9.86. The highest BCUT2D eigenvalue weighted by Crippen LogP contribution is 2.35. The molecule has 4 N–H and O–H groups in total. The van der Waals surface area contributed by atoms with Crippen LogP contribution in [0.25, 0.3) is 0 Å². The molecule has 2 aliphatic heterocycles. The maximum absolute atomic E-state index is 13.6. The van der Waals surface area contributed by atoms with Crippen LogP contribution in [-0.2, 0) is 114 Å². The van der Waals surface area contributed by atoms with Crippen molar-refractivity contribution in [1.82, 2.24) is 10.6 Å². The standard InChI is InChI=1S/C62H93N3O27/c1-38(66)32-49-56(87-42(5)70)57(88-43(6)71)51(36-85-40(3)68)91-61(49)83-30-28-82-27-25-80-23-21-63-60(78)47-33-46(34-48(35-47)65-53(75)19-15-13-11-9-10-12-14-16-20-54(76)77)50(74)18-17-22-79-24-26-81-29-31-84-62-55(64-39(2)67)59(90-45(8)73)58(89-44(7)72)52(92-62)37-86-41(4)69/h33-35,49,51-52,55-59,61-62H,9-32,36-37H2,1-8H3,(H,63,78)(H,64,67)(H,65,75)(H,76,77)/t49-,51-,52-,55-,56-,57+,58+,59-,61?,62?/m1/s1. The molecular weight excluding hydrogens is 1220 g/mol. The van der Waals surface area contributed by atoms with Gasteiger partial charge in [0.25, 0.3) is 5.91 Å². The molecule has 30 heteroatoms. The summed E-state index contributed by atoms with van der Waals surface area (Å²) in [6.07, 6.45) is -2.41. The van der Waals surface area contributed by atoms with Crippen LogP contribution in [0.3, 0.4) is 0 Å². The van der Waals surface area contributed by atoms with E-state index in [1.165, 1.54) is 45.9 Å². The van der Waals surface area contributed by atoms with E-state index >= 15 is 0 Å². The van der Waals surface area contributed by atoms with E-state index in [2.05, 4.69) is 16.0 Å². The number of amides is 3. The minimum absolute atomic E-state index is 0.0114. The van der Waals surface area contributed by atoms with Gasteiger partial charge in [-0.15, -0.1) is 0 Å². The summed E-state index contributed by atoms with van der Waals surface area (Å²) in [6, 6.07) is 3.27. The van der Waals surface area contributed by atoms with Gasteiger partial charge in [-0.25, -0.2) is 0 Å². The summed E-state index contributed by atoms with van der Waals surface area (Å²) in [5.41, 5.74) is 0.543. The van der Waals surface area contributed by atoms with Gasteiger partial charge in [-0.3, -0.25) is 52.7 Å². The van der Waals surface area contributed by atoms with Gasteiger partial charge in [-0.1, -0.05) is 38.5 Å². The number of carboxylic acids is 1. The molecule has 0 radical (unpaired) electrons. The van der Waals surface area contributed by atoms with Crippen molar-refractivity contribution < 1.29 is 129 Å². The van der Waals surface area contributed by atoms with Gasteiger partial charge in [0, 0.05) is 104 Å². The molecule has 0 spiro atoms. The Hall–Kier alpha value is -7.06. The lowest BCUT2D eigenvalue weighted by Crippen LogP contribution is -2.66. The second kappa shape index (κ2) is 44.5. The number of rotatable bonds is 46. The molecule has 1 aromatic carbocycles. The number of ketones is 2. The molecule has 0 bridgehead atoms. The first-order valence-electron chi connectivity index (χ1n) is 30.9. The van der Waals surface area contributed by atoms with Gasteiger partial charge in [-0.2, -0.15) is 0 Å². The second-order valence-corrected chi connectivity index (χ2v) is 21.8. The van der Waals surface area contributed by atoms with Gasteiger partial charge in [0.15, 0.2) is 36.7 Å². The quantitative estimate of drug-likeness (QED) is 0.0312. The number of anilines is 1. The number of esters is 6. The third-order valence-corrected chi connectivity index (χ3v) is 13.8. The van der Waals surface area contributed by atoms with Crippen LogP contribution >= 0.6 is 0 Å². The SMILES string of the molecule is CC(=O)C[C@H]1C(OCCOCCOCCNC(=O)c2cc(NC(=O)CCCCCCCCCCC(=O)O)cc(C(=O)CCCOCCOCCOC3O[C@H](COC(C)=O)[C@H](OC(C)=O)[C@H](OC(C)=O)[C@H]3NC(C)=O)c2)O[C@H](COC(C)=O)[C@H](OC(C)=O)[C@@H]1OC(C)=O. The Bertz CT molecular complexity index is 2400. The van der Waals surface area contributed by atoms with E-state index in [0.29, 0.717) is 19.3 Å². The van der Waals surface area contributed by atoms with Crippen LogP contribution in [-0.4, -0.2) is 217 Å². The lowest BCUT2D eigenvalue weighted by Gasteiger charge is -2.44. The fourth-order valence-electron chi connectivity index (χ4n) is 9.86. The third-order valence-electron chi connectivity index (χ3n) is 13.8. The van der Waals surface area contributed by atoms with Crippen LogP contribution < -0.4 is 16.0 Å². The van der Waals surface area contributed by atoms with Crippen LogP contribution in [0, 0.1) is 5.92 Å². The molecule has 92 heavy (non-hydrogen) atoms. The molecule has 3 amide bonds. The van der Waals surface area contributed by atoms with Gasteiger partial charge in [0.2, 0.25) is 11.8 Å². The zero-order valence-corrected chi connectivity index (χ0v) is 54.0. The normalized spacial score (nSPS) is 21.0. The molecule has 2 unspecified atom stereocenters. The van der Waals surface area contributed by atoms with Crippen molar-refractivity contribution in [3.05, 3.63) is 29.3 Å². The zero-order valence-electron chi connectivity index (χ0n) is 54.0. The molecule has 30 nitrogen and oxygen atoms in total. The van der Waals surface area contributed by atoms with Gasteiger partial charge in [0.05, 0.1) is 65.4 Å². The number of ether oxygens (including phenoxy) is 14. The highest BCUT2D eigenvalue weighted by atomic mass is 16.7. The number of aliphatic carboxylic acids is 1. The van der Waals surface area contributed by atoms with E-state index in [4.69, 9.17) is 71.4 Å². The average molecular weight is 1310 g/mol. The second-order valence-electron chi connectivity index (χ2n) is 21.8. The highest BCUT2D eigenvalue weighted by molar-refractivity contribution is 6.03. The number of Topliss-reactive ketones (excluding diaryl/α,β-unsaturated/α-hetero) is 2. The van der Waals surface area contributed by atoms with E-state index < -0.39 is 121 Å². The number of unbranched alkanes of at least 4 members (excludes halogenated alkanes) is 7. The van der Waals surface area contributed by atoms with Gasteiger partial charge in [-0.05, 0) is 44.4 Å². The first-order valence-corrected chi connectivity index (χ1v) is 30.9. The maximum Gasteiger partial charge on any atom is 0.303 e.